The highest BCUT2D eigenvalue weighted by Gasteiger charge is 2.33. The lowest BCUT2D eigenvalue weighted by molar-refractivity contribution is 0.123. The summed E-state index contributed by atoms with van der Waals surface area (Å²) in [7, 11) is 0. The van der Waals surface area contributed by atoms with Crippen molar-refractivity contribution in [2.24, 2.45) is 11.1 Å². The Morgan fingerprint density at radius 1 is 1.53 bits per heavy atom. The molecule has 0 aliphatic heterocycles. The van der Waals surface area contributed by atoms with Crippen molar-refractivity contribution in [2.75, 3.05) is 0 Å². The van der Waals surface area contributed by atoms with Crippen molar-refractivity contribution in [1.82, 2.24) is 4.57 Å². The molecule has 4 heteroatoms. The summed E-state index contributed by atoms with van der Waals surface area (Å²) in [6.07, 6.45) is -0.569. The first-order valence-corrected chi connectivity index (χ1v) is 6.03. The lowest BCUT2D eigenvalue weighted by Crippen LogP contribution is -2.31. The van der Waals surface area contributed by atoms with Crippen LogP contribution in [-0.2, 0) is 13.0 Å². The number of alkyl halides is 2. The van der Waals surface area contributed by atoms with Crippen LogP contribution in [-0.4, -0.2) is 11.0 Å². The van der Waals surface area contributed by atoms with E-state index < -0.39 is 6.43 Å². The molecule has 0 amide bonds. The first-order chi connectivity index (χ1) is 7.80. The SMILES string of the molecule is Cc1cc2c(n1CC(F)F)CC(C)(C)CC2N. The topological polar surface area (TPSA) is 30.9 Å². The fourth-order valence-corrected chi connectivity index (χ4v) is 2.90. The molecule has 1 aliphatic carbocycles. The molecule has 0 saturated carbocycles. The molecule has 1 aromatic heterocycles. The summed E-state index contributed by atoms with van der Waals surface area (Å²) in [5.74, 6) is 0. The van der Waals surface area contributed by atoms with Crippen LogP contribution in [0, 0.1) is 12.3 Å². The van der Waals surface area contributed by atoms with Gasteiger partial charge in [0.1, 0.15) is 0 Å². The second-order valence-corrected chi connectivity index (χ2v) is 5.84. The zero-order valence-electron chi connectivity index (χ0n) is 10.6. The van der Waals surface area contributed by atoms with Gasteiger partial charge in [0.05, 0.1) is 6.54 Å². The maximum Gasteiger partial charge on any atom is 0.256 e. The quantitative estimate of drug-likeness (QED) is 0.849. The third-order valence-corrected chi connectivity index (χ3v) is 3.59. The van der Waals surface area contributed by atoms with Crippen LogP contribution in [0.4, 0.5) is 8.78 Å². The number of fused-ring (bicyclic) bond motifs is 1. The minimum absolute atomic E-state index is 0.0219. The molecule has 1 aromatic rings. The number of halogens is 2. The van der Waals surface area contributed by atoms with E-state index in [1.807, 2.05) is 13.0 Å². The average Bonchev–Trinajstić information content (AvgIpc) is 2.43. The Balaban J connectivity index is 2.43. The first-order valence-electron chi connectivity index (χ1n) is 6.03. The molecule has 96 valence electrons. The van der Waals surface area contributed by atoms with E-state index in [1.54, 1.807) is 4.57 Å². The highest BCUT2D eigenvalue weighted by atomic mass is 19.3. The van der Waals surface area contributed by atoms with Crippen LogP contribution in [0.3, 0.4) is 0 Å². The molecule has 0 fully saturated rings. The van der Waals surface area contributed by atoms with Crippen LogP contribution in [0.2, 0.25) is 0 Å². The Morgan fingerprint density at radius 2 is 2.18 bits per heavy atom. The lowest BCUT2D eigenvalue weighted by atomic mass is 9.74. The average molecular weight is 242 g/mol. The molecule has 0 radical (unpaired) electrons. The largest absolute Gasteiger partial charge is 0.343 e. The van der Waals surface area contributed by atoms with E-state index in [2.05, 4.69) is 13.8 Å². The smallest absolute Gasteiger partial charge is 0.256 e. The minimum Gasteiger partial charge on any atom is -0.343 e. The summed E-state index contributed by atoms with van der Waals surface area (Å²) in [5.41, 5.74) is 9.18. The number of rotatable bonds is 2. The molecule has 1 heterocycles. The summed E-state index contributed by atoms with van der Waals surface area (Å²) in [5, 5.41) is 0. The summed E-state index contributed by atoms with van der Waals surface area (Å²) in [4.78, 5) is 0. The van der Waals surface area contributed by atoms with Crippen molar-refractivity contribution in [3.63, 3.8) is 0 Å². The predicted octanol–water partition coefficient (Wildman–Crippen LogP) is 3.03. The van der Waals surface area contributed by atoms with Gasteiger partial charge in [-0.15, -0.1) is 0 Å². The van der Waals surface area contributed by atoms with Crippen molar-refractivity contribution < 1.29 is 8.78 Å². The number of hydrogen-bond donors (Lipinski definition) is 1. The van der Waals surface area contributed by atoms with Gasteiger partial charge in [0.15, 0.2) is 0 Å². The number of hydrogen-bond acceptors (Lipinski definition) is 1. The summed E-state index contributed by atoms with van der Waals surface area (Å²) >= 11 is 0. The van der Waals surface area contributed by atoms with Gasteiger partial charge in [0.2, 0.25) is 0 Å². The van der Waals surface area contributed by atoms with Crippen LogP contribution in [0.5, 0.6) is 0 Å². The lowest BCUT2D eigenvalue weighted by Gasteiger charge is -2.34. The standard InChI is InChI=1S/C13H20F2N2/c1-8-4-9-10(16)5-13(2,3)6-11(9)17(8)7-12(14)15/h4,10,12H,5-7,16H2,1-3H3. The summed E-state index contributed by atoms with van der Waals surface area (Å²) in [6.45, 7) is 5.94. The Kier molecular flexibility index (Phi) is 3.02. The molecule has 17 heavy (non-hydrogen) atoms. The zero-order valence-corrected chi connectivity index (χ0v) is 10.6. The van der Waals surface area contributed by atoms with Crippen molar-refractivity contribution in [3.05, 3.63) is 23.0 Å². The van der Waals surface area contributed by atoms with Gasteiger partial charge >= 0.3 is 0 Å². The Labute approximate surface area is 101 Å². The fourth-order valence-electron chi connectivity index (χ4n) is 2.90. The van der Waals surface area contributed by atoms with Crippen LogP contribution in [0.25, 0.3) is 0 Å². The van der Waals surface area contributed by atoms with E-state index in [9.17, 15) is 8.78 Å². The van der Waals surface area contributed by atoms with Gasteiger partial charge in [-0.3, -0.25) is 0 Å². The van der Waals surface area contributed by atoms with Crippen molar-refractivity contribution in [1.29, 1.82) is 0 Å². The van der Waals surface area contributed by atoms with Gasteiger partial charge in [-0.2, -0.15) is 0 Å². The molecule has 0 spiro atoms. The highest BCUT2D eigenvalue weighted by molar-refractivity contribution is 5.34. The molecule has 2 nitrogen and oxygen atoms in total. The zero-order chi connectivity index (χ0) is 12.8. The van der Waals surface area contributed by atoms with Crippen molar-refractivity contribution >= 4 is 0 Å². The molecule has 2 N–H and O–H groups in total. The molecule has 1 atom stereocenters. The van der Waals surface area contributed by atoms with Gasteiger partial charge in [-0.25, -0.2) is 8.78 Å². The number of aromatic nitrogens is 1. The third-order valence-electron chi connectivity index (χ3n) is 3.59. The van der Waals surface area contributed by atoms with Gasteiger partial charge < -0.3 is 10.3 Å². The molecule has 0 aromatic carbocycles. The fraction of sp³-hybridized carbons (Fsp3) is 0.692. The van der Waals surface area contributed by atoms with E-state index in [0.29, 0.717) is 0 Å². The minimum atomic E-state index is -2.31. The van der Waals surface area contributed by atoms with E-state index >= 15 is 0 Å². The van der Waals surface area contributed by atoms with Crippen LogP contribution < -0.4 is 5.73 Å². The summed E-state index contributed by atoms with van der Waals surface area (Å²) < 4.78 is 26.9. The maximum atomic E-state index is 12.6. The molecular formula is C13H20F2N2. The van der Waals surface area contributed by atoms with Gasteiger partial charge in [-0.1, -0.05) is 13.8 Å². The normalized spacial score (nSPS) is 22.9. The van der Waals surface area contributed by atoms with Crippen molar-refractivity contribution in [3.8, 4) is 0 Å². The molecule has 2 rings (SSSR count). The Morgan fingerprint density at radius 3 is 2.76 bits per heavy atom. The van der Waals surface area contributed by atoms with E-state index in [4.69, 9.17) is 5.73 Å². The third kappa shape index (κ3) is 2.37. The van der Waals surface area contributed by atoms with E-state index in [-0.39, 0.29) is 18.0 Å². The number of aryl methyl sites for hydroxylation is 1. The Hall–Kier alpha value is -0.900. The molecular weight excluding hydrogens is 222 g/mol. The first kappa shape index (κ1) is 12.6. The van der Waals surface area contributed by atoms with Crippen LogP contribution in [0.15, 0.2) is 6.07 Å². The second kappa shape index (κ2) is 4.09. The number of nitrogens with two attached hydrogens (primary N) is 1. The molecule has 1 unspecified atom stereocenters. The summed E-state index contributed by atoms with van der Waals surface area (Å²) in [6, 6.07) is 1.95. The van der Waals surface area contributed by atoms with Crippen LogP contribution >= 0.6 is 0 Å². The second-order valence-electron chi connectivity index (χ2n) is 5.84. The van der Waals surface area contributed by atoms with E-state index in [1.165, 1.54) is 0 Å². The monoisotopic (exact) mass is 242 g/mol. The van der Waals surface area contributed by atoms with Gasteiger partial charge in [-0.05, 0) is 36.8 Å². The maximum absolute atomic E-state index is 12.6. The molecule has 0 saturated heterocycles. The molecule has 0 bridgehead atoms. The van der Waals surface area contributed by atoms with Gasteiger partial charge in [0.25, 0.3) is 6.43 Å². The Bertz CT molecular complexity index is 421. The molecule has 1 aliphatic rings. The van der Waals surface area contributed by atoms with E-state index in [0.717, 1.165) is 29.8 Å². The van der Waals surface area contributed by atoms with Gasteiger partial charge in [0, 0.05) is 17.4 Å². The van der Waals surface area contributed by atoms with Crippen molar-refractivity contribution in [2.45, 2.75) is 52.6 Å². The van der Waals surface area contributed by atoms with Crippen LogP contribution in [0.1, 0.15) is 43.3 Å². The number of nitrogens with zero attached hydrogens (tertiary/aromatic N) is 1. The predicted molar refractivity (Wildman–Crippen MR) is 64.2 cm³/mol. The highest BCUT2D eigenvalue weighted by Crippen LogP contribution is 2.40.